The number of carbonyl (C=O) groups is 4. The Bertz CT molecular complexity index is 1770. The van der Waals surface area contributed by atoms with Crippen LogP contribution in [0.2, 0.25) is 0 Å². The van der Waals surface area contributed by atoms with Crippen molar-refractivity contribution in [3.63, 3.8) is 0 Å². The zero-order valence-electron chi connectivity index (χ0n) is 35.2. The van der Waals surface area contributed by atoms with Crippen LogP contribution in [0, 0.1) is 5.92 Å². The number of esters is 1. The van der Waals surface area contributed by atoms with E-state index in [1.165, 1.54) is 18.2 Å². The molecule has 0 saturated carbocycles. The number of anilines is 2. The minimum Gasteiger partial charge on any atom is -0.458 e. The summed E-state index contributed by atoms with van der Waals surface area (Å²) < 4.78 is 91.7. The smallest absolute Gasteiger partial charge is 0.451 e. The van der Waals surface area contributed by atoms with Gasteiger partial charge in [0.1, 0.15) is 28.9 Å². The van der Waals surface area contributed by atoms with Crippen molar-refractivity contribution in [2.24, 2.45) is 5.92 Å². The Morgan fingerprint density at radius 3 is 2.03 bits per heavy atom. The predicted octanol–water partition coefficient (Wildman–Crippen LogP) is 8.20. The van der Waals surface area contributed by atoms with Crippen LogP contribution < -0.4 is 20.4 Å². The van der Waals surface area contributed by atoms with Crippen LogP contribution in [0.25, 0.3) is 0 Å². The largest absolute Gasteiger partial charge is 0.458 e. The van der Waals surface area contributed by atoms with E-state index in [2.05, 4.69) is 20.6 Å². The van der Waals surface area contributed by atoms with Gasteiger partial charge in [-0.15, -0.1) is 0 Å². The second kappa shape index (κ2) is 20.3. The van der Waals surface area contributed by atoms with Gasteiger partial charge in [-0.3, -0.25) is 9.59 Å². The van der Waals surface area contributed by atoms with Gasteiger partial charge in [-0.1, -0.05) is 12.1 Å². The molecular formula is C42H58F6N6O6. The number of aromatic nitrogens is 2. The van der Waals surface area contributed by atoms with Gasteiger partial charge in [-0.2, -0.15) is 26.3 Å². The number of hydrogen-bond donors (Lipinski definition) is 2. The highest BCUT2D eigenvalue weighted by atomic mass is 19.4. The van der Waals surface area contributed by atoms with Crippen molar-refractivity contribution < 1.29 is 55.0 Å². The van der Waals surface area contributed by atoms with Crippen LogP contribution in [-0.2, 0) is 42.6 Å². The number of carbonyl (C=O) groups excluding carboxylic acids is 4. The molecule has 4 rings (SSSR count). The van der Waals surface area contributed by atoms with E-state index in [1.807, 2.05) is 0 Å². The van der Waals surface area contributed by atoms with E-state index in [0.717, 1.165) is 18.6 Å². The summed E-state index contributed by atoms with van der Waals surface area (Å²) in [6.07, 6.45) is -5.40. The average Bonchev–Trinajstić information content (AvgIpc) is 3.64. The molecule has 0 radical (unpaired) electrons. The number of aryl methyl sites for hydroxylation is 1. The summed E-state index contributed by atoms with van der Waals surface area (Å²) in [6.45, 7) is 11.8. The van der Waals surface area contributed by atoms with E-state index in [1.54, 1.807) is 51.3 Å². The Balaban J connectivity index is 1.26. The first-order valence-electron chi connectivity index (χ1n) is 20.5. The molecule has 60 heavy (non-hydrogen) atoms. The number of alkyl carbamates (subject to hydrolysis) is 1. The van der Waals surface area contributed by atoms with Gasteiger partial charge in [-0.25, -0.2) is 19.6 Å². The molecule has 0 spiro atoms. The molecule has 1 aromatic carbocycles. The normalized spacial score (nSPS) is 17.3. The Labute approximate surface area is 347 Å². The van der Waals surface area contributed by atoms with E-state index >= 15 is 0 Å². The molecule has 2 aliphatic rings. The second-order valence-electron chi connectivity index (χ2n) is 17.5. The third-order valence-electron chi connectivity index (χ3n) is 10.1. The number of Topliss-reactive ketones (excluding diaryl/α,β-unsaturated/α-hetero) is 1. The molecule has 0 bridgehead atoms. The number of halogens is 6. The fraction of sp³-hybridized carbons (Fsp3) is 0.667. The molecule has 0 unspecified atom stereocenters. The number of benzene rings is 1. The number of ether oxygens (including phenoxy) is 2. The standard InChI is InChI=1S/C42H58F6N6O6/c1-39(2,3)59-36(57)30(50-38(58)60-40(4,5)6)18-19-35(56)49-22-8-11-28-20-24-53(25-21-28)33-26-34(52-37(51-33)42(46,47)48)54-23-9-12-31(54)32(55)13-7-10-27-14-16-29(17-15-27)41(43,44)45/h14-17,26,28,30-31H,7-13,18-25H2,1-6H3,(H,49,56)(H,50,58)/t30-,31-/m0/s1. The van der Waals surface area contributed by atoms with E-state index in [4.69, 9.17) is 9.47 Å². The highest BCUT2D eigenvalue weighted by Gasteiger charge is 2.39. The van der Waals surface area contributed by atoms with Gasteiger partial charge >= 0.3 is 24.4 Å². The summed E-state index contributed by atoms with van der Waals surface area (Å²) in [5.41, 5.74) is -1.70. The lowest BCUT2D eigenvalue weighted by atomic mass is 9.92. The highest BCUT2D eigenvalue weighted by molar-refractivity contribution is 5.87. The van der Waals surface area contributed by atoms with Crippen molar-refractivity contribution in [2.75, 3.05) is 36.0 Å². The monoisotopic (exact) mass is 856 g/mol. The highest BCUT2D eigenvalue weighted by Crippen LogP contribution is 2.35. The van der Waals surface area contributed by atoms with Crippen LogP contribution in [0.5, 0.6) is 0 Å². The molecule has 2 N–H and O–H groups in total. The summed E-state index contributed by atoms with van der Waals surface area (Å²) in [4.78, 5) is 62.3. The molecule has 2 atom stereocenters. The van der Waals surface area contributed by atoms with Gasteiger partial charge in [0.2, 0.25) is 11.7 Å². The molecule has 2 amide bonds. The summed E-state index contributed by atoms with van der Waals surface area (Å²) in [5, 5.41) is 5.35. The molecule has 1 aromatic heterocycles. The van der Waals surface area contributed by atoms with Gasteiger partial charge in [0.25, 0.3) is 0 Å². The predicted molar refractivity (Wildman–Crippen MR) is 212 cm³/mol. The van der Waals surface area contributed by atoms with Crippen LogP contribution in [0.3, 0.4) is 0 Å². The molecule has 2 aliphatic heterocycles. The van der Waals surface area contributed by atoms with Crippen molar-refractivity contribution in [1.82, 2.24) is 20.6 Å². The van der Waals surface area contributed by atoms with E-state index < -0.39 is 59.1 Å². The maximum Gasteiger partial charge on any atom is 0.451 e. The average molecular weight is 857 g/mol. The first kappa shape index (κ1) is 48.0. The van der Waals surface area contributed by atoms with Crippen molar-refractivity contribution >= 4 is 35.4 Å². The molecule has 2 fully saturated rings. The van der Waals surface area contributed by atoms with Crippen LogP contribution in [0.1, 0.15) is 123 Å². The minimum absolute atomic E-state index is 0.00263. The summed E-state index contributed by atoms with van der Waals surface area (Å²) in [7, 11) is 0. The first-order valence-corrected chi connectivity index (χ1v) is 20.5. The summed E-state index contributed by atoms with van der Waals surface area (Å²) >= 11 is 0. The van der Waals surface area contributed by atoms with Gasteiger partial charge in [0, 0.05) is 45.1 Å². The summed E-state index contributed by atoms with van der Waals surface area (Å²) in [5.74, 6) is -2.01. The van der Waals surface area contributed by atoms with E-state index in [-0.39, 0.29) is 48.5 Å². The zero-order valence-corrected chi connectivity index (χ0v) is 35.2. The molecular weight excluding hydrogens is 798 g/mol. The van der Waals surface area contributed by atoms with E-state index in [9.17, 15) is 45.5 Å². The zero-order chi connectivity index (χ0) is 44.5. The molecule has 2 saturated heterocycles. The van der Waals surface area contributed by atoms with Crippen LogP contribution in [0.4, 0.5) is 42.8 Å². The fourth-order valence-corrected chi connectivity index (χ4v) is 7.23. The number of alkyl halides is 6. The number of nitrogens with one attached hydrogen (secondary N) is 2. The number of nitrogens with zero attached hydrogens (tertiary/aromatic N) is 4. The van der Waals surface area contributed by atoms with Crippen LogP contribution in [-0.4, -0.2) is 83.2 Å². The topological polar surface area (TPSA) is 143 Å². The van der Waals surface area contributed by atoms with Crippen LogP contribution >= 0.6 is 0 Å². The number of hydrogen-bond acceptors (Lipinski definition) is 10. The quantitative estimate of drug-likeness (QED) is 0.0964. The first-order chi connectivity index (χ1) is 27.9. The SMILES string of the molecule is CC(C)(C)OC(=O)N[C@@H](CCC(=O)NCCCC1CCN(c2cc(N3CCC[C@H]3C(=O)CCCc3ccc(C(F)(F)F)cc3)nc(C(F)(F)F)n2)CC1)C(=O)OC(C)(C)C. The minimum atomic E-state index is -4.82. The number of amides is 2. The molecule has 0 aliphatic carbocycles. The Morgan fingerprint density at radius 1 is 0.800 bits per heavy atom. The molecule has 18 heteroatoms. The third-order valence-corrected chi connectivity index (χ3v) is 10.1. The lowest BCUT2D eigenvalue weighted by Gasteiger charge is -2.34. The number of ketones is 1. The fourth-order valence-electron chi connectivity index (χ4n) is 7.23. The number of piperidine rings is 1. The molecule has 3 heterocycles. The van der Waals surface area contributed by atoms with Crippen molar-refractivity contribution in [3.8, 4) is 0 Å². The maximum atomic E-state index is 14.1. The molecule has 12 nitrogen and oxygen atoms in total. The Hall–Kier alpha value is -4.64. The lowest BCUT2D eigenvalue weighted by molar-refractivity contribution is -0.157. The van der Waals surface area contributed by atoms with Crippen LogP contribution in [0.15, 0.2) is 30.3 Å². The molecule has 2 aromatic rings. The Kier molecular flexibility index (Phi) is 16.2. The van der Waals surface area contributed by atoms with Gasteiger partial charge in [-0.05, 0) is 123 Å². The van der Waals surface area contributed by atoms with Crippen molar-refractivity contribution in [3.05, 3.63) is 47.3 Å². The summed E-state index contributed by atoms with van der Waals surface area (Å²) in [6, 6.07) is 4.50. The Morgan fingerprint density at radius 2 is 1.43 bits per heavy atom. The lowest BCUT2D eigenvalue weighted by Crippen LogP contribution is -2.46. The van der Waals surface area contributed by atoms with E-state index in [0.29, 0.717) is 76.7 Å². The van der Waals surface area contributed by atoms with Gasteiger partial charge in [0.05, 0.1) is 11.6 Å². The van der Waals surface area contributed by atoms with Gasteiger partial charge in [0.15, 0.2) is 5.78 Å². The molecule has 334 valence electrons. The van der Waals surface area contributed by atoms with Gasteiger partial charge < -0.3 is 29.9 Å². The van der Waals surface area contributed by atoms with Crippen molar-refractivity contribution in [2.45, 2.75) is 148 Å². The third kappa shape index (κ3) is 15.4. The number of rotatable bonds is 16. The second-order valence-corrected chi connectivity index (χ2v) is 17.5. The maximum absolute atomic E-state index is 14.1. The van der Waals surface area contributed by atoms with Crippen molar-refractivity contribution in [1.29, 1.82) is 0 Å².